The molecular formula is C27H33N3O4. The van der Waals surface area contributed by atoms with Gasteiger partial charge in [-0.15, -0.1) is 0 Å². The molecule has 0 amide bonds. The van der Waals surface area contributed by atoms with E-state index >= 15 is 0 Å². The molecule has 0 saturated carbocycles. The van der Waals surface area contributed by atoms with E-state index in [0.717, 1.165) is 18.7 Å². The number of carbonyl (C=O) groups is 2. The zero-order valence-corrected chi connectivity index (χ0v) is 19.7. The van der Waals surface area contributed by atoms with Crippen molar-refractivity contribution in [1.29, 1.82) is 0 Å². The first-order valence-corrected chi connectivity index (χ1v) is 11.7. The summed E-state index contributed by atoms with van der Waals surface area (Å²) in [4.78, 5) is 30.7. The number of unbranched alkanes of at least 4 members (excludes halogenated alkanes) is 6. The van der Waals surface area contributed by atoms with Gasteiger partial charge < -0.3 is 15.2 Å². The second-order valence-corrected chi connectivity index (χ2v) is 7.75. The molecule has 0 radical (unpaired) electrons. The topological polar surface area (TPSA) is 101 Å². The predicted molar refractivity (Wildman–Crippen MR) is 133 cm³/mol. The van der Waals surface area contributed by atoms with Crippen LogP contribution >= 0.6 is 0 Å². The van der Waals surface area contributed by atoms with Crippen LogP contribution in [0.1, 0.15) is 72.6 Å². The van der Waals surface area contributed by atoms with Crippen LogP contribution in [0.25, 0.3) is 0 Å². The third-order valence-corrected chi connectivity index (χ3v) is 4.97. The summed E-state index contributed by atoms with van der Waals surface area (Å²) in [6.45, 7) is 3.13. The number of carbonyl (C=O) groups excluding carboxylic acids is 1. The van der Waals surface area contributed by atoms with Crippen molar-refractivity contribution in [3.05, 3.63) is 84.4 Å². The summed E-state index contributed by atoms with van der Waals surface area (Å²) < 4.78 is 5.20. The average molecular weight is 464 g/mol. The Hall–Kier alpha value is -3.74. The molecule has 2 N–H and O–H groups in total. The molecular weight excluding hydrogens is 430 g/mol. The number of nitrogens with one attached hydrogen (secondary N) is 1. The van der Waals surface area contributed by atoms with Crippen LogP contribution in [-0.2, 0) is 0 Å². The lowest BCUT2D eigenvalue weighted by atomic mass is 10.1. The van der Waals surface area contributed by atoms with E-state index in [2.05, 4.69) is 22.2 Å². The van der Waals surface area contributed by atoms with Crippen LogP contribution in [0.2, 0.25) is 0 Å². The van der Waals surface area contributed by atoms with Crippen LogP contribution in [0.3, 0.4) is 0 Å². The highest BCUT2D eigenvalue weighted by molar-refractivity contribution is 5.92. The summed E-state index contributed by atoms with van der Waals surface area (Å²) >= 11 is 0. The molecule has 0 unspecified atom stereocenters. The Balaban J connectivity index is 0.000000589. The quantitative estimate of drug-likeness (QED) is 0.242. The lowest BCUT2D eigenvalue weighted by Crippen LogP contribution is -2.10. The highest BCUT2D eigenvalue weighted by Crippen LogP contribution is 2.16. The van der Waals surface area contributed by atoms with E-state index in [4.69, 9.17) is 9.84 Å². The molecule has 0 aliphatic carbocycles. The number of esters is 1. The van der Waals surface area contributed by atoms with Gasteiger partial charge in [0.1, 0.15) is 5.75 Å². The molecule has 0 saturated heterocycles. The lowest BCUT2D eigenvalue weighted by Gasteiger charge is -2.08. The first-order chi connectivity index (χ1) is 16.6. The normalized spacial score (nSPS) is 10.0. The molecule has 0 bridgehead atoms. The third-order valence-electron chi connectivity index (χ3n) is 4.97. The van der Waals surface area contributed by atoms with Crippen LogP contribution < -0.4 is 10.1 Å². The average Bonchev–Trinajstić information content (AvgIpc) is 2.87. The van der Waals surface area contributed by atoms with Gasteiger partial charge in [0.15, 0.2) is 0 Å². The number of carboxylic acid groups (broad SMARTS) is 1. The van der Waals surface area contributed by atoms with E-state index in [1.165, 1.54) is 57.0 Å². The SMILES string of the molecule is CCCCCCCCCNc1ccc(C(=O)Oc2cncc(C(=O)O)c2)cc1.c1ccncc1. The molecule has 7 heteroatoms. The van der Waals surface area contributed by atoms with E-state index in [0.29, 0.717) is 5.56 Å². The van der Waals surface area contributed by atoms with Crippen LogP contribution in [-0.4, -0.2) is 33.6 Å². The number of hydrogen-bond donors (Lipinski definition) is 2. The highest BCUT2D eigenvalue weighted by atomic mass is 16.5. The Morgan fingerprint density at radius 2 is 1.53 bits per heavy atom. The van der Waals surface area contributed by atoms with Crippen molar-refractivity contribution < 1.29 is 19.4 Å². The molecule has 0 aliphatic heterocycles. The van der Waals surface area contributed by atoms with Crippen LogP contribution in [0.4, 0.5) is 5.69 Å². The third kappa shape index (κ3) is 10.7. The Bertz CT molecular complexity index is 952. The Labute approximate surface area is 201 Å². The van der Waals surface area contributed by atoms with Gasteiger partial charge in [-0.25, -0.2) is 9.59 Å². The summed E-state index contributed by atoms with van der Waals surface area (Å²) in [5, 5.41) is 12.3. The monoisotopic (exact) mass is 463 g/mol. The molecule has 1 aromatic carbocycles. The first-order valence-electron chi connectivity index (χ1n) is 11.7. The largest absolute Gasteiger partial charge is 0.478 e. The number of aromatic nitrogens is 2. The zero-order valence-electron chi connectivity index (χ0n) is 19.7. The summed E-state index contributed by atoms with van der Waals surface area (Å²) in [7, 11) is 0. The van der Waals surface area contributed by atoms with Gasteiger partial charge in [-0.1, -0.05) is 51.5 Å². The Morgan fingerprint density at radius 3 is 2.12 bits per heavy atom. The number of anilines is 1. The molecule has 0 spiro atoms. The number of carboxylic acids is 1. The fraction of sp³-hybridized carbons (Fsp3) is 0.333. The molecule has 3 rings (SSSR count). The van der Waals surface area contributed by atoms with Gasteiger partial charge in [0.25, 0.3) is 0 Å². The number of benzene rings is 1. The highest BCUT2D eigenvalue weighted by Gasteiger charge is 2.11. The van der Waals surface area contributed by atoms with Crippen molar-refractivity contribution in [1.82, 2.24) is 9.97 Å². The van der Waals surface area contributed by atoms with Crippen molar-refractivity contribution in [2.45, 2.75) is 51.9 Å². The van der Waals surface area contributed by atoms with Crippen LogP contribution in [0.15, 0.2) is 73.3 Å². The molecule has 34 heavy (non-hydrogen) atoms. The van der Waals surface area contributed by atoms with Gasteiger partial charge in [0, 0.05) is 30.8 Å². The number of ether oxygens (including phenoxy) is 1. The number of hydrogen-bond acceptors (Lipinski definition) is 6. The van der Waals surface area contributed by atoms with E-state index in [1.54, 1.807) is 24.5 Å². The molecule has 7 nitrogen and oxygen atoms in total. The Morgan fingerprint density at radius 1 is 0.853 bits per heavy atom. The number of aromatic carboxylic acids is 1. The molecule has 0 atom stereocenters. The van der Waals surface area contributed by atoms with Gasteiger partial charge in [0.2, 0.25) is 0 Å². The summed E-state index contributed by atoms with van der Waals surface area (Å²) in [6.07, 6.45) is 14.9. The van der Waals surface area contributed by atoms with E-state index in [-0.39, 0.29) is 11.3 Å². The maximum atomic E-state index is 12.2. The summed E-state index contributed by atoms with van der Waals surface area (Å²) in [5.74, 6) is -1.57. The van der Waals surface area contributed by atoms with Gasteiger partial charge in [-0.05, 0) is 48.9 Å². The minimum absolute atomic E-state index is 0.0322. The fourth-order valence-electron chi connectivity index (χ4n) is 3.11. The first kappa shape index (κ1) is 26.5. The van der Waals surface area contributed by atoms with Crippen molar-refractivity contribution >= 4 is 17.6 Å². The fourth-order valence-corrected chi connectivity index (χ4v) is 3.11. The predicted octanol–water partition coefficient (Wildman–Crippen LogP) is 6.24. The number of pyridine rings is 2. The van der Waals surface area contributed by atoms with E-state index in [1.807, 2.05) is 30.3 Å². The molecule has 0 aliphatic rings. The number of nitrogens with zero attached hydrogens (tertiary/aromatic N) is 2. The van der Waals surface area contributed by atoms with Crippen molar-refractivity contribution in [3.63, 3.8) is 0 Å². The number of rotatable bonds is 12. The van der Waals surface area contributed by atoms with Crippen molar-refractivity contribution in [3.8, 4) is 5.75 Å². The van der Waals surface area contributed by atoms with Crippen LogP contribution in [0, 0.1) is 0 Å². The molecule has 2 heterocycles. The van der Waals surface area contributed by atoms with Gasteiger partial charge in [-0.3, -0.25) is 9.97 Å². The molecule has 3 aromatic rings. The van der Waals surface area contributed by atoms with E-state index < -0.39 is 11.9 Å². The lowest BCUT2D eigenvalue weighted by molar-refractivity contribution is 0.0686. The van der Waals surface area contributed by atoms with Crippen molar-refractivity contribution in [2.24, 2.45) is 0 Å². The standard InChI is InChI=1S/C22H28N2O4.C5H5N/c1-2-3-4-5-6-7-8-13-24-19-11-9-17(10-12-19)22(27)28-20-14-18(21(25)26)15-23-16-20;1-2-4-6-5-3-1/h9-12,14-16,24H,2-8,13H2,1H3,(H,25,26);1-5H. The molecule has 2 aromatic heterocycles. The van der Waals surface area contributed by atoms with E-state index in [9.17, 15) is 9.59 Å². The van der Waals surface area contributed by atoms with Crippen LogP contribution in [0.5, 0.6) is 5.75 Å². The summed E-state index contributed by atoms with van der Waals surface area (Å²) in [5.41, 5.74) is 1.31. The maximum absolute atomic E-state index is 12.2. The molecule has 0 fully saturated rings. The second kappa shape index (κ2) is 16.0. The minimum atomic E-state index is -1.12. The maximum Gasteiger partial charge on any atom is 0.343 e. The van der Waals surface area contributed by atoms with Gasteiger partial charge in [0.05, 0.1) is 17.3 Å². The summed E-state index contributed by atoms with van der Waals surface area (Å²) in [6, 6.07) is 14.0. The smallest absolute Gasteiger partial charge is 0.343 e. The zero-order chi connectivity index (χ0) is 24.4. The van der Waals surface area contributed by atoms with Gasteiger partial charge >= 0.3 is 11.9 Å². The van der Waals surface area contributed by atoms with Gasteiger partial charge in [-0.2, -0.15) is 0 Å². The Kier molecular flexibility index (Phi) is 12.4. The minimum Gasteiger partial charge on any atom is -0.478 e. The van der Waals surface area contributed by atoms with Crippen molar-refractivity contribution in [2.75, 3.05) is 11.9 Å². The molecule has 180 valence electrons. The second-order valence-electron chi connectivity index (χ2n) is 7.75.